The first kappa shape index (κ1) is 12.4. The van der Waals surface area contributed by atoms with Gasteiger partial charge in [0.15, 0.2) is 11.6 Å². The Bertz CT molecular complexity index is 606. The highest BCUT2D eigenvalue weighted by Crippen LogP contribution is 2.32. The lowest BCUT2D eigenvalue weighted by molar-refractivity contribution is 0.304. The zero-order valence-electron chi connectivity index (χ0n) is 10.1. The summed E-state index contributed by atoms with van der Waals surface area (Å²) in [6.07, 6.45) is 1.74. The quantitative estimate of drug-likeness (QED) is 0.847. The van der Waals surface area contributed by atoms with Gasteiger partial charge in [0.25, 0.3) is 0 Å². The van der Waals surface area contributed by atoms with Crippen LogP contribution >= 0.6 is 15.9 Å². The van der Waals surface area contributed by atoms with Gasteiger partial charge in [-0.25, -0.2) is 9.37 Å². The Kier molecular flexibility index (Phi) is 3.38. The molecule has 0 amide bonds. The Balaban J connectivity index is 1.87. The Labute approximate surface area is 119 Å². The van der Waals surface area contributed by atoms with E-state index < -0.39 is 0 Å². The number of aromatic nitrogens is 1. The summed E-state index contributed by atoms with van der Waals surface area (Å²) < 4.78 is 19.7. The number of anilines is 1. The molecule has 19 heavy (non-hydrogen) atoms. The average molecular weight is 323 g/mol. The molecule has 3 nitrogen and oxygen atoms in total. The lowest BCUT2D eigenvalue weighted by Crippen LogP contribution is -2.33. The van der Waals surface area contributed by atoms with Gasteiger partial charge >= 0.3 is 0 Å². The van der Waals surface area contributed by atoms with E-state index in [4.69, 9.17) is 4.74 Å². The van der Waals surface area contributed by atoms with Crippen LogP contribution in [0.1, 0.15) is 5.56 Å². The summed E-state index contributed by atoms with van der Waals surface area (Å²) in [7, 11) is 0. The van der Waals surface area contributed by atoms with Crippen LogP contribution in [-0.4, -0.2) is 18.1 Å². The van der Waals surface area contributed by atoms with E-state index in [1.165, 1.54) is 6.07 Å². The lowest BCUT2D eigenvalue weighted by atomic mass is 10.2. The largest absolute Gasteiger partial charge is 0.488 e. The summed E-state index contributed by atoms with van der Waals surface area (Å²) in [6.45, 7) is 1.99. The van der Waals surface area contributed by atoms with Gasteiger partial charge in [0, 0.05) is 17.2 Å². The summed E-state index contributed by atoms with van der Waals surface area (Å²) in [4.78, 5) is 6.48. The van der Waals surface area contributed by atoms with Gasteiger partial charge in [-0.1, -0.05) is 12.1 Å². The molecule has 0 spiro atoms. The third-order valence-corrected chi connectivity index (χ3v) is 3.41. The maximum absolute atomic E-state index is 13.2. The second kappa shape index (κ2) is 5.17. The van der Waals surface area contributed by atoms with Crippen LogP contribution in [-0.2, 0) is 6.54 Å². The van der Waals surface area contributed by atoms with Crippen molar-refractivity contribution in [2.24, 2.45) is 0 Å². The van der Waals surface area contributed by atoms with Crippen molar-refractivity contribution in [1.29, 1.82) is 0 Å². The second-order valence-electron chi connectivity index (χ2n) is 4.38. The molecule has 1 aliphatic heterocycles. The highest BCUT2D eigenvalue weighted by molar-refractivity contribution is 9.10. The third kappa shape index (κ3) is 2.71. The third-order valence-electron chi connectivity index (χ3n) is 2.98. The first-order chi connectivity index (χ1) is 9.22. The first-order valence-electron chi connectivity index (χ1n) is 6.00. The minimum Gasteiger partial charge on any atom is -0.488 e. The SMILES string of the molecule is Fc1cccc(CN2CCOc3cc(Br)cnc32)c1. The number of rotatable bonds is 2. The van der Waals surface area contributed by atoms with Crippen LogP contribution in [0.2, 0.25) is 0 Å². The van der Waals surface area contributed by atoms with E-state index in [0.717, 1.165) is 28.1 Å². The molecule has 98 valence electrons. The Morgan fingerprint density at radius 3 is 3.11 bits per heavy atom. The monoisotopic (exact) mass is 322 g/mol. The van der Waals surface area contributed by atoms with Crippen molar-refractivity contribution in [3.8, 4) is 5.75 Å². The van der Waals surface area contributed by atoms with Gasteiger partial charge in [-0.2, -0.15) is 0 Å². The van der Waals surface area contributed by atoms with Crippen molar-refractivity contribution in [1.82, 2.24) is 4.98 Å². The lowest BCUT2D eigenvalue weighted by Gasteiger charge is -2.30. The van der Waals surface area contributed by atoms with E-state index in [-0.39, 0.29) is 5.82 Å². The molecular weight excluding hydrogens is 311 g/mol. The number of hydrogen-bond acceptors (Lipinski definition) is 3. The van der Waals surface area contributed by atoms with Crippen LogP contribution in [0.3, 0.4) is 0 Å². The van der Waals surface area contributed by atoms with Crippen LogP contribution in [0.25, 0.3) is 0 Å². The van der Waals surface area contributed by atoms with Gasteiger partial charge in [-0.3, -0.25) is 0 Å². The van der Waals surface area contributed by atoms with Crippen molar-refractivity contribution in [3.63, 3.8) is 0 Å². The molecule has 0 N–H and O–H groups in total. The average Bonchev–Trinajstić information content (AvgIpc) is 2.38. The molecule has 0 saturated carbocycles. The minimum atomic E-state index is -0.213. The number of halogens is 2. The van der Waals surface area contributed by atoms with Gasteiger partial charge in [0.2, 0.25) is 0 Å². The molecule has 1 aromatic carbocycles. The Morgan fingerprint density at radius 1 is 1.37 bits per heavy atom. The number of ether oxygens (including phenoxy) is 1. The van der Waals surface area contributed by atoms with E-state index in [9.17, 15) is 4.39 Å². The highest BCUT2D eigenvalue weighted by Gasteiger charge is 2.19. The Hall–Kier alpha value is -1.62. The first-order valence-corrected chi connectivity index (χ1v) is 6.79. The number of hydrogen-bond donors (Lipinski definition) is 0. The fourth-order valence-corrected chi connectivity index (χ4v) is 2.45. The molecule has 0 saturated heterocycles. The van der Waals surface area contributed by atoms with Gasteiger partial charge in [0.05, 0.1) is 6.54 Å². The van der Waals surface area contributed by atoms with E-state index in [2.05, 4.69) is 25.8 Å². The predicted molar refractivity (Wildman–Crippen MR) is 74.9 cm³/mol. The topological polar surface area (TPSA) is 25.4 Å². The predicted octanol–water partition coefficient (Wildman–Crippen LogP) is 3.38. The number of fused-ring (bicyclic) bond motifs is 1. The zero-order valence-corrected chi connectivity index (χ0v) is 11.7. The fraction of sp³-hybridized carbons (Fsp3) is 0.214. The standard InChI is InChI=1S/C14H12BrFN2O/c15-11-7-13-14(17-8-11)18(4-5-19-13)9-10-2-1-3-12(16)6-10/h1-3,6-8H,4-5,9H2. The molecule has 2 aromatic rings. The Morgan fingerprint density at radius 2 is 2.26 bits per heavy atom. The highest BCUT2D eigenvalue weighted by atomic mass is 79.9. The molecule has 0 aliphatic carbocycles. The van der Waals surface area contributed by atoms with Crippen molar-refractivity contribution in [2.75, 3.05) is 18.1 Å². The molecular formula is C14H12BrFN2O. The van der Waals surface area contributed by atoms with Crippen LogP contribution in [0.15, 0.2) is 41.0 Å². The van der Waals surface area contributed by atoms with Crippen molar-refractivity contribution in [2.45, 2.75) is 6.54 Å². The summed E-state index contributed by atoms with van der Waals surface area (Å²) in [5.74, 6) is 1.35. The van der Waals surface area contributed by atoms with Gasteiger partial charge in [-0.05, 0) is 39.7 Å². The molecule has 0 fully saturated rings. The number of pyridine rings is 1. The molecule has 2 heterocycles. The molecule has 0 unspecified atom stereocenters. The van der Waals surface area contributed by atoms with Crippen molar-refractivity contribution >= 4 is 21.7 Å². The number of nitrogens with zero attached hydrogens (tertiary/aromatic N) is 2. The van der Waals surface area contributed by atoms with Gasteiger partial charge < -0.3 is 9.64 Å². The molecule has 0 atom stereocenters. The normalized spacial score (nSPS) is 13.9. The van der Waals surface area contributed by atoms with Crippen molar-refractivity contribution < 1.29 is 9.13 Å². The van der Waals surface area contributed by atoms with Crippen LogP contribution in [0.4, 0.5) is 10.2 Å². The molecule has 3 rings (SSSR count). The second-order valence-corrected chi connectivity index (χ2v) is 5.29. The smallest absolute Gasteiger partial charge is 0.171 e. The minimum absolute atomic E-state index is 0.213. The van der Waals surface area contributed by atoms with E-state index >= 15 is 0 Å². The van der Waals surface area contributed by atoms with Crippen molar-refractivity contribution in [3.05, 3.63) is 52.4 Å². The van der Waals surface area contributed by atoms with Gasteiger partial charge in [0.1, 0.15) is 12.4 Å². The number of benzene rings is 1. The maximum atomic E-state index is 13.2. The fourth-order valence-electron chi connectivity index (χ4n) is 2.14. The van der Waals surface area contributed by atoms with Gasteiger partial charge in [-0.15, -0.1) is 0 Å². The molecule has 1 aromatic heterocycles. The van der Waals surface area contributed by atoms with Crippen LogP contribution in [0, 0.1) is 5.82 Å². The van der Waals surface area contributed by atoms with Crippen LogP contribution in [0.5, 0.6) is 5.75 Å². The molecule has 5 heteroatoms. The summed E-state index contributed by atoms with van der Waals surface area (Å²) in [5.41, 5.74) is 0.928. The van der Waals surface area contributed by atoms with E-state index in [1.54, 1.807) is 18.3 Å². The summed E-state index contributed by atoms with van der Waals surface area (Å²) >= 11 is 3.38. The van der Waals surface area contributed by atoms with E-state index in [0.29, 0.717) is 13.2 Å². The van der Waals surface area contributed by atoms with Crippen LogP contribution < -0.4 is 9.64 Å². The molecule has 0 radical (unpaired) electrons. The maximum Gasteiger partial charge on any atom is 0.171 e. The molecule has 0 bridgehead atoms. The zero-order chi connectivity index (χ0) is 13.2. The molecule has 1 aliphatic rings. The summed E-state index contributed by atoms with van der Waals surface area (Å²) in [6, 6.07) is 8.54. The summed E-state index contributed by atoms with van der Waals surface area (Å²) in [5, 5.41) is 0. The van der Waals surface area contributed by atoms with E-state index in [1.807, 2.05) is 12.1 Å².